The molecule has 4 aromatic rings. The van der Waals surface area contributed by atoms with Gasteiger partial charge in [-0.2, -0.15) is 5.10 Å². The van der Waals surface area contributed by atoms with Crippen LogP contribution >= 0.6 is 22.7 Å². The van der Waals surface area contributed by atoms with E-state index in [9.17, 15) is 9.59 Å². The van der Waals surface area contributed by atoms with Crippen LogP contribution in [0.3, 0.4) is 0 Å². The van der Waals surface area contributed by atoms with Crippen molar-refractivity contribution in [1.29, 1.82) is 0 Å². The fourth-order valence-corrected chi connectivity index (χ4v) is 6.09. The summed E-state index contributed by atoms with van der Waals surface area (Å²) in [7, 11) is 0. The van der Waals surface area contributed by atoms with Crippen LogP contribution in [0.15, 0.2) is 60.1 Å². The lowest BCUT2D eigenvalue weighted by Crippen LogP contribution is -2.17. The second kappa shape index (κ2) is 9.17. The number of nitrogens with two attached hydrogens (primary N) is 1. The van der Waals surface area contributed by atoms with Gasteiger partial charge in [-0.15, -0.1) is 22.7 Å². The number of hydrogen-bond acceptors (Lipinski definition) is 5. The number of primary amides is 1. The van der Waals surface area contributed by atoms with Crippen molar-refractivity contribution in [3.63, 3.8) is 0 Å². The second-order valence-corrected chi connectivity index (χ2v) is 9.85. The largest absolute Gasteiger partial charge is 0.365 e. The van der Waals surface area contributed by atoms with E-state index in [-0.39, 0.29) is 5.91 Å². The van der Waals surface area contributed by atoms with Crippen LogP contribution in [-0.4, -0.2) is 21.6 Å². The maximum Gasteiger partial charge on any atom is 0.251 e. The molecule has 33 heavy (non-hydrogen) atoms. The van der Waals surface area contributed by atoms with Crippen LogP contribution < -0.4 is 11.1 Å². The van der Waals surface area contributed by atoms with Crippen molar-refractivity contribution in [3.8, 4) is 16.3 Å². The van der Waals surface area contributed by atoms with Gasteiger partial charge in [-0.25, -0.2) is 4.68 Å². The maximum absolute atomic E-state index is 12.8. The number of fused-ring (bicyclic) bond motifs is 1. The highest BCUT2D eigenvalue weighted by molar-refractivity contribution is 7.17. The summed E-state index contributed by atoms with van der Waals surface area (Å²) < 4.78 is 1.81. The molecule has 3 N–H and O–H groups in total. The van der Waals surface area contributed by atoms with E-state index >= 15 is 0 Å². The molecule has 0 spiro atoms. The summed E-state index contributed by atoms with van der Waals surface area (Å²) in [4.78, 5) is 27.0. The van der Waals surface area contributed by atoms with E-state index in [2.05, 4.69) is 5.32 Å². The van der Waals surface area contributed by atoms with Gasteiger partial charge in [0.1, 0.15) is 10.7 Å². The lowest BCUT2D eigenvalue weighted by Gasteiger charge is -2.11. The van der Waals surface area contributed by atoms with Gasteiger partial charge in [0, 0.05) is 22.7 Å². The Morgan fingerprint density at radius 3 is 2.67 bits per heavy atom. The molecule has 1 aromatic carbocycles. The molecular formula is C25H22N4O2S2. The highest BCUT2D eigenvalue weighted by Gasteiger charge is 2.24. The number of nitrogens with zero attached hydrogens (tertiary/aromatic N) is 2. The molecule has 0 radical (unpaired) electrons. The Morgan fingerprint density at radius 1 is 1.09 bits per heavy atom. The number of thiophene rings is 2. The predicted octanol–water partition coefficient (Wildman–Crippen LogP) is 5.29. The number of amides is 2. The third-order valence-corrected chi connectivity index (χ3v) is 7.67. The summed E-state index contributed by atoms with van der Waals surface area (Å²) in [5.74, 6) is -0.793. The van der Waals surface area contributed by atoms with Crippen LogP contribution in [0.25, 0.3) is 22.3 Å². The van der Waals surface area contributed by atoms with Gasteiger partial charge >= 0.3 is 0 Å². The Labute approximate surface area is 199 Å². The van der Waals surface area contributed by atoms with E-state index in [1.807, 2.05) is 58.7 Å². The number of aryl methyl sites for hydroxylation is 1. The average molecular weight is 475 g/mol. The zero-order chi connectivity index (χ0) is 22.8. The van der Waals surface area contributed by atoms with Crippen molar-refractivity contribution in [1.82, 2.24) is 9.78 Å². The van der Waals surface area contributed by atoms with Gasteiger partial charge in [0.25, 0.3) is 5.91 Å². The Balaban J connectivity index is 1.43. The Morgan fingerprint density at radius 2 is 1.91 bits per heavy atom. The smallest absolute Gasteiger partial charge is 0.251 e. The summed E-state index contributed by atoms with van der Waals surface area (Å²) >= 11 is 3.06. The van der Waals surface area contributed by atoms with Crippen LogP contribution in [-0.2, 0) is 17.6 Å². The SMILES string of the molecule is NC(=O)c1c(NC(=O)/C=C/c2cn(-c3ccccc3)nc2-c2cccs2)sc2c1CCCC2. The summed E-state index contributed by atoms with van der Waals surface area (Å²) in [5, 5.41) is 10.2. The first-order chi connectivity index (χ1) is 16.1. The number of benzene rings is 1. The molecule has 6 nitrogen and oxygen atoms in total. The number of nitrogens with one attached hydrogen (secondary N) is 1. The topological polar surface area (TPSA) is 90.0 Å². The minimum absolute atomic E-state index is 0.305. The molecule has 3 aromatic heterocycles. The van der Waals surface area contributed by atoms with E-state index in [1.165, 1.54) is 17.4 Å². The molecule has 0 saturated carbocycles. The summed E-state index contributed by atoms with van der Waals surface area (Å²) in [5.41, 5.74) is 9.69. The molecule has 0 saturated heterocycles. The number of aromatic nitrogens is 2. The minimum Gasteiger partial charge on any atom is -0.365 e. The third-order valence-electron chi connectivity index (χ3n) is 5.59. The second-order valence-electron chi connectivity index (χ2n) is 7.79. The first kappa shape index (κ1) is 21.4. The molecule has 0 unspecified atom stereocenters. The van der Waals surface area contributed by atoms with E-state index in [0.29, 0.717) is 10.6 Å². The van der Waals surface area contributed by atoms with Crippen LogP contribution in [0.2, 0.25) is 0 Å². The number of carbonyl (C=O) groups excluding carboxylic acids is 2. The molecule has 3 heterocycles. The van der Waals surface area contributed by atoms with Gasteiger partial charge in [0.15, 0.2) is 0 Å². The Hall–Kier alpha value is -3.49. The molecule has 0 bridgehead atoms. The minimum atomic E-state index is -0.488. The lowest BCUT2D eigenvalue weighted by molar-refractivity contribution is -0.111. The van der Waals surface area contributed by atoms with Gasteiger partial charge in [0.2, 0.25) is 5.91 Å². The number of anilines is 1. The first-order valence-electron chi connectivity index (χ1n) is 10.7. The molecule has 0 atom stereocenters. The van der Waals surface area contributed by atoms with E-state index < -0.39 is 5.91 Å². The zero-order valence-electron chi connectivity index (χ0n) is 17.8. The van der Waals surface area contributed by atoms with Gasteiger partial charge in [-0.1, -0.05) is 24.3 Å². The molecule has 166 valence electrons. The molecule has 5 rings (SSSR count). The number of hydrogen-bond donors (Lipinski definition) is 2. The third kappa shape index (κ3) is 4.40. The molecule has 1 aliphatic rings. The Kier molecular flexibility index (Phi) is 5.93. The highest BCUT2D eigenvalue weighted by atomic mass is 32.1. The molecular weight excluding hydrogens is 452 g/mol. The fourth-order valence-electron chi connectivity index (χ4n) is 4.06. The van der Waals surface area contributed by atoms with Crippen LogP contribution in [0.5, 0.6) is 0 Å². The van der Waals surface area contributed by atoms with Crippen molar-refractivity contribution in [2.24, 2.45) is 5.73 Å². The molecule has 8 heteroatoms. The van der Waals surface area contributed by atoms with Crippen LogP contribution in [0.4, 0.5) is 5.00 Å². The van der Waals surface area contributed by atoms with Gasteiger partial charge in [-0.3, -0.25) is 9.59 Å². The van der Waals surface area contributed by atoms with Gasteiger partial charge < -0.3 is 11.1 Å². The van der Waals surface area contributed by atoms with E-state index in [1.54, 1.807) is 17.4 Å². The predicted molar refractivity (Wildman–Crippen MR) is 134 cm³/mol. The Bertz CT molecular complexity index is 1330. The zero-order valence-corrected chi connectivity index (χ0v) is 19.4. The molecule has 2 amide bonds. The monoisotopic (exact) mass is 474 g/mol. The highest BCUT2D eigenvalue weighted by Crippen LogP contribution is 2.38. The number of rotatable bonds is 6. The van der Waals surface area contributed by atoms with E-state index in [4.69, 9.17) is 10.8 Å². The number of para-hydroxylation sites is 1. The van der Waals surface area contributed by atoms with E-state index in [0.717, 1.165) is 57.9 Å². The molecule has 1 aliphatic carbocycles. The molecule has 0 fully saturated rings. The number of carbonyl (C=O) groups is 2. The fraction of sp³-hybridized carbons (Fsp3) is 0.160. The summed E-state index contributed by atoms with van der Waals surface area (Å²) in [6.45, 7) is 0. The van der Waals surface area contributed by atoms with Gasteiger partial charge in [0.05, 0.1) is 16.1 Å². The van der Waals surface area contributed by atoms with Crippen LogP contribution in [0.1, 0.15) is 39.2 Å². The maximum atomic E-state index is 12.8. The van der Waals surface area contributed by atoms with Crippen molar-refractivity contribution in [2.45, 2.75) is 25.7 Å². The molecule has 0 aliphatic heterocycles. The summed E-state index contributed by atoms with van der Waals surface area (Å²) in [6.07, 6.45) is 9.03. The normalized spacial score (nSPS) is 13.2. The van der Waals surface area contributed by atoms with Crippen molar-refractivity contribution in [3.05, 3.63) is 81.7 Å². The first-order valence-corrected chi connectivity index (χ1v) is 12.4. The van der Waals surface area contributed by atoms with Crippen LogP contribution in [0, 0.1) is 0 Å². The van der Waals surface area contributed by atoms with Crippen molar-refractivity contribution >= 4 is 45.6 Å². The van der Waals surface area contributed by atoms with Crippen molar-refractivity contribution < 1.29 is 9.59 Å². The summed E-state index contributed by atoms with van der Waals surface area (Å²) in [6, 6.07) is 13.8. The average Bonchev–Trinajstić information content (AvgIpc) is 3.56. The van der Waals surface area contributed by atoms with Crippen molar-refractivity contribution in [2.75, 3.05) is 5.32 Å². The standard InChI is InChI=1S/C25H22N4O2S2/c26-24(31)22-18-9-4-5-10-19(18)33-25(22)27-21(30)13-12-16-15-29(17-7-2-1-3-8-17)28-23(16)20-11-6-14-32-20/h1-3,6-8,11-15H,4-5,9-10H2,(H2,26,31)(H,27,30)/b13-12+. The van der Waals surface area contributed by atoms with Gasteiger partial charge in [-0.05, 0) is 60.9 Å². The quantitative estimate of drug-likeness (QED) is 0.372. The lowest BCUT2D eigenvalue weighted by atomic mass is 9.95.